The van der Waals surface area contributed by atoms with E-state index in [2.05, 4.69) is 68.2 Å². The molecule has 5 rings (SSSR count). The van der Waals surface area contributed by atoms with Gasteiger partial charge in [-0.1, -0.05) is 36.8 Å². The first-order valence-corrected chi connectivity index (χ1v) is 12.6. The van der Waals surface area contributed by atoms with Gasteiger partial charge in [-0.25, -0.2) is 0 Å². The van der Waals surface area contributed by atoms with Crippen molar-refractivity contribution in [2.45, 2.75) is 32.2 Å². The lowest BCUT2D eigenvalue weighted by atomic mass is 10.1. The van der Waals surface area contributed by atoms with Crippen LogP contribution >= 0.6 is 0 Å². The fourth-order valence-corrected chi connectivity index (χ4v) is 5.10. The summed E-state index contributed by atoms with van der Waals surface area (Å²) in [7, 11) is 0. The normalized spacial score (nSPS) is 18.0. The first-order chi connectivity index (χ1) is 16.3. The molecule has 5 heteroatoms. The number of benzene rings is 2. The van der Waals surface area contributed by atoms with E-state index in [1.54, 1.807) is 0 Å². The second-order valence-electron chi connectivity index (χ2n) is 9.36. The first kappa shape index (κ1) is 22.2. The standard InChI is InChI=1S/C28H36N4O/c1-2-15-30(16-3-1)17-6-22-33-26-12-10-24(11-13-26)23-31-18-20-32(21-19-31)27-9-4-7-25-8-5-14-29-28(25)27/h4-5,7-14H,1-3,6,15-23H2. The van der Waals surface area contributed by atoms with Crippen molar-refractivity contribution in [3.63, 3.8) is 0 Å². The van der Waals surface area contributed by atoms with Crippen LogP contribution in [-0.2, 0) is 6.54 Å². The first-order valence-electron chi connectivity index (χ1n) is 12.6. The largest absolute Gasteiger partial charge is 0.494 e. The van der Waals surface area contributed by atoms with Crippen LogP contribution in [0.3, 0.4) is 0 Å². The molecule has 0 N–H and O–H groups in total. The molecule has 0 spiro atoms. The van der Waals surface area contributed by atoms with Gasteiger partial charge in [-0.3, -0.25) is 9.88 Å². The average molecular weight is 445 g/mol. The Balaban J connectivity index is 1.06. The van der Waals surface area contributed by atoms with Gasteiger partial charge in [0.15, 0.2) is 0 Å². The fourth-order valence-electron chi connectivity index (χ4n) is 5.10. The predicted octanol–water partition coefficient (Wildman–Crippen LogP) is 4.81. The molecule has 0 saturated carbocycles. The highest BCUT2D eigenvalue weighted by Gasteiger charge is 2.19. The zero-order valence-corrected chi connectivity index (χ0v) is 19.7. The molecule has 0 amide bonds. The monoisotopic (exact) mass is 444 g/mol. The number of likely N-dealkylation sites (tertiary alicyclic amines) is 1. The second kappa shape index (κ2) is 11.0. The molecule has 33 heavy (non-hydrogen) atoms. The number of aromatic nitrogens is 1. The van der Waals surface area contributed by atoms with Crippen LogP contribution in [0.5, 0.6) is 5.75 Å². The number of piperazine rings is 1. The van der Waals surface area contributed by atoms with E-state index in [-0.39, 0.29) is 0 Å². The maximum absolute atomic E-state index is 5.99. The van der Waals surface area contributed by atoms with E-state index in [4.69, 9.17) is 4.74 Å². The Bertz CT molecular complexity index is 1000. The molecule has 2 aromatic carbocycles. The van der Waals surface area contributed by atoms with E-state index in [0.29, 0.717) is 0 Å². The van der Waals surface area contributed by atoms with Crippen molar-refractivity contribution >= 4 is 16.6 Å². The number of nitrogens with zero attached hydrogens (tertiary/aromatic N) is 4. The minimum atomic E-state index is 0.806. The van der Waals surface area contributed by atoms with Crippen LogP contribution in [0.25, 0.3) is 10.9 Å². The van der Waals surface area contributed by atoms with E-state index in [0.717, 1.165) is 57.0 Å². The van der Waals surface area contributed by atoms with E-state index in [1.807, 2.05) is 12.3 Å². The Morgan fingerprint density at radius 3 is 2.36 bits per heavy atom. The number of piperidine rings is 1. The number of fused-ring (bicyclic) bond motifs is 1. The summed E-state index contributed by atoms with van der Waals surface area (Å²) < 4.78 is 5.99. The lowest BCUT2D eigenvalue weighted by molar-refractivity contribution is 0.205. The summed E-state index contributed by atoms with van der Waals surface area (Å²) in [5, 5.41) is 1.21. The molecule has 3 aromatic rings. The van der Waals surface area contributed by atoms with Gasteiger partial charge in [-0.2, -0.15) is 0 Å². The van der Waals surface area contributed by atoms with Crippen LogP contribution in [0.4, 0.5) is 5.69 Å². The second-order valence-corrected chi connectivity index (χ2v) is 9.36. The average Bonchev–Trinajstić information content (AvgIpc) is 2.88. The maximum atomic E-state index is 5.99. The molecule has 0 unspecified atom stereocenters. The Labute approximate surface area is 198 Å². The molecule has 2 aliphatic heterocycles. The van der Waals surface area contributed by atoms with E-state index >= 15 is 0 Å². The molecule has 0 bridgehead atoms. The summed E-state index contributed by atoms with van der Waals surface area (Å²) in [6.07, 6.45) is 7.12. The van der Waals surface area contributed by atoms with E-state index in [1.165, 1.54) is 55.5 Å². The summed E-state index contributed by atoms with van der Waals surface area (Å²) in [5.41, 5.74) is 3.73. The summed E-state index contributed by atoms with van der Waals surface area (Å²) in [6, 6.07) is 19.4. The van der Waals surface area contributed by atoms with E-state index < -0.39 is 0 Å². The summed E-state index contributed by atoms with van der Waals surface area (Å²) in [5.74, 6) is 0.991. The van der Waals surface area contributed by atoms with Crippen molar-refractivity contribution in [3.8, 4) is 5.75 Å². The van der Waals surface area contributed by atoms with Gasteiger partial charge in [0.05, 0.1) is 17.8 Å². The van der Waals surface area contributed by atoms with Crippen LogP contribution in [0.1, 0.15) is 31.2 Å². The van der Waals surface area contributed by atoms with Crippen molar-refractivity contribution in [3.05, 3.63) is 66.4 Å². The van der Waals surface area contributed by atoms with Crippen LogP contribution in [0, 0.1) is 0 Å². The van der Waals surface area contributed by atoms with Crippen molar-refractivity contribution in [2.24, 2.45) is 0 Å². The third kappa shape index (κ3) is 5.84. The van der Waals surface area contributed by atoms with Crippen molar-refractivity contribution in [2.75, 3.05) is 57.3 Å². The van der Waals surface area contributed by atoms with Crippen molar-refractivity contribution in [1.82, 2.24) is 14.8 Å². The SMILES string of the molecule is c1cnc2c(N3CCN(Cc4ccc(OCCCN5CCCCC5)cc4)CC3)cccc2c1. The number of rotatable bonds is 8. The van der Waals surface area contributed by atoms with E-state index in [9.17, 15) is 0 Å². The highest BCUT2D eigenvalue weighted by atomic mass is 16.5. The Hall–Kier alpha value is -2.63. The van der Waals surface area contributed by atoms with Gasteiger partial charge in [0, 0.05) is 50.9 Å². The molecule has 174 valence electrons. The number of hydrogen-bond acceptors (Lipinski definition) is 5. The van der Waals surface area contributed by atoms with Gasteiger partial charge in [0.1, 0.15) is 5.75 Å². The van der Waals surface area contributed by atoms with Gasteiger partial charge in [-0.05, 0) is 62.2 Å². The van der Waals surface area contributed by atoms with Crippen molar-refractivity contribution in [1.29, 1.82) is 0 Å². The lowest BCUT2D eigenvalue weighted by Gasteiger charge is -2.36. The number of para-hydroxylation sites is 1. The third-order valence-corrected chi connectivity index (χ3v) is 6.99. The maximum Gasteiger partial charge on any atom is 0.119 e. The van der Waals surface area contributed by atoms with Crippen LogP contribution in [0.15, 0.2) is 60.8 Å². The number of hydrogen-bond donors (Lipinski definition) is 0. The molecule has 2 fully saturated rings. The molecule has 5 nitrogen and oxygen atoms in total. The summed E-state index contributed by atoms with van der Waals surface area (Å²) in [6.45, 7) is 9.71. The van der Waals surface area contributed by atoms with Gasteiger partial charge in [-0.15, -0.1) is 0 Å². The summed E-state index contributed by atoms with van der Waals surface area (Å²) >= 11 is 0. The van der Waals surface area contributed by atoms with Crippen LogP contribution in [0.2, 0.25) is 0 Å². The molecule has 0 atom stereocenters. The van der Waals surface area contributed by atoms with Gasteiger partial charge < -0.3 is 14.5 Å². The number of anilines is 1. The minimum Gasteiger partial charge on any atom is -0.494 e. The molecule has 2 aliphatic rings. The highest BCUT2D eigenvalue weighted by Crippen LogP contribution is 2.26. The quantitative estimate of drug-likeness (QED) is 0.466. The summed E-state index contributed by atoms with van der Waals surface area (Å²) in [4.78, 5) is 12.2. The van der Waals surface area contributed by atoms with Crippen molar-refractivity contribution < 1.29 is 4.74 Å². The van der Waals surface area contributed by atoms with Gasteiger partial charge in [0.2, 0.25) is 0 Å². The molecular weight excluding hydrogens is 408 g/mol. The predicted molar refractivity (Wildman–Crippen MR) is 136 cm³/mol. The van der Waals surface area contributed by atoms with Gasteiger partial charge in [0.25, 0.3) is 0 Å². The fraction of sp³-hybridized carbons (Fsp3) is 0.464. The van der Waals surface area contributed by atoms with Gasteiger partial charge >= 0.3 is 0 Å². The minimum absolute atomic E-state index is 0.806. The zero-order chi connectivity index (χ0) is 22.3. The smallest absolute Gasteiger partial charge is 0.119 e. The van der Waals surface area contributed by atoms with Crippen LogP contribution in [-0.4, -0.2) is 67.2 Å². The number of ether oxygens (including phenoxy) is 1. The Kier molecular flexibility index (Phi) is 7.39. The van der Waals surface area contributed by atoms with Crippen LogP contribution < -0.4 is 9.64 Å². The number of pyridine rings is 1. The molecule has 3 heterocycles. The lowest BCUT2D eigenvalue weighted by Crippen LogP contribution is -2.46. The third-order valence-electron chi connectivity index (χ3n) is 6.99. The molecule has 2 saturated heterocycles. The highest BCUT2D eigenvalue weighted by molar-refractivity contribution is 5.90. The Morgan fingerprint density at radius 2 is 1.55 bits per heavy atom. The Morgan fingerprint density at radius 1 is 0.758 bits per heavy atom. The molecule has 1 aromatic heterocycles. The topological polar surface area (TPSA) is 31.8 Å². The molecule has 0 radical (unpaired) electrons. The molecule has 0 aliphatic carbocycles. The molecular formula is C28H36N4O. The zero-order valence-electron chi connectivity index (χ0n) is 19.7.